The Bertz CT molecular complexity index is 500. The molecule has 0 aliphatic carbocycles. The normalized spacial score (nSPS) is 20.8. The van der Waals surface area contributed by atoms with Gasteiger partial charge in [-0.15, -0.1) is 0 Å². The van der Waals surface area contributed by atoms with Crippen LogP contribution in [0.2, 0.25) is 0 Å². The number of nitrogens with one attached hydrogen (secondary N) is 1. The van der Waals surface area contributed by atoms with Crippen LogP contribution in [0.3, 0.4) is 0 Å². The van der Waals surface area contributed by atoms with Crippen molar-refractivity contribution >= 4 is 5.91 Å². The fourth-order valence-corrected chi connectivity index (χ4v) is 2.38. The highest BCUT2D eigenvalue weighted by atomic mass is 16.7. The molecule has 2 heterocycles. The lowest BCUT2D eigenvalue weighted by molar-refractivity contribution is -0.135. The molecule has 1 fully saturated rings. The Morgan fingerprint density at radius 1 is 1.40 bits per heavy atom. The van der Waals surface area contributed by atoms with Crippen molar-refractivity contribution in [3.8, 4) is 11.5 Å². The smallest absolute Gasteiger partial charge is 0.242 e. The molecule has 0 radical (unpaired) electrons. The van der Waals surface area contributed by atoms with Crippen LogP contribution in [-0.4, -0.2) is 50.4 Å². The third kappa shape index (κ3) is 2.71. The number of hydrogen-bond donors (Lipinski definition) is 1. The zero-order valence-corrected chi connectivity index (χ0v) is 11.4. The monoisotopic (exact) mass is 278 g/mol. The van der Waals surface area contributed by atoms with Crippen LogP contribution >= 0.6 is 0 Å². The first-order valence-corrected chi connectivity index (χ1v) is 6.68. The minimum Gasteiger partial charge on any atom is -0.454 e. The van der Waals surface area contributed by atoms with Crippen LogP contribution in [0.15, 0.2) is 18.2 Å². The van der Waals surface area contributed by atoms with E-state index in [1.807, 2.05) is 18.2 Å². The second-order valence-corrected chi connectivity index (χ2v) is 4.96. The standard InChI is InChI=1S/C14H18N2O4/c1-16(14(17)11-8-18-5-4-15-11)7-10-2-3-12-13(6-10)20-9-19-12/h2-3,6,11,15H,4-5,7-9H2,1H3/t11-/m0/s1. The summed E-state index contributed by atoms with van der Waals surface area (Å²) in [6, 6.07) is 5.49. The van der Waals surface area contributed by atoms with E-state index in [1.165, 1.54) is 0 Å². The van der Waals surface area contributed by atoms with Crippen molar-refractivity contribution in [1.82, 2.24) is 10.2 Å². The van der Waals surface area contributed by atoms with Gasteiger partial charge >= 0.3 is 0 Å². The Morgan fingerprint density at radius 2 is 2.25 bits per heavy atom. The maximum Gasteiger partial charge on any atom is 0.242 e. The van der Waals surface area contributed by atoms with E-state index in [4.69, 9.17) is 14.2 Å². The summed E-state index contributed by atoms with van der Waals surface area (Å²) in [4.78, 5) is 14.0. The lowest BCUT2D eigenvalue weighted by Crippen LogP contribution is -2.51. The largest absolute Gasteiger partial charge is 0.454 e. The zero-order valence-electron chi connectivity index (χ0n) is 11.4. The summed E-state index contributed by atoms with van der Waals surface area (Å²) in [6.45, 7) is 2.61. The van der Waals surface area contributed by atoms with Crippen LogP contribution in [0, 0.1) is 0 Å². The molecule has 1 atom stereocenters. The average molecular weight is 278 g/mol. The van der Waals surface area contributed by atoms with Gasteiger partial charge in [-0.3, -0.25) is 4.79 Å². The molecule has 1 aromatic rings. The fourth-order valence-electron chi connectivity index (χ4n) is 2.38. The molecule has 0 spiro atoms. The molecule has 6 heteroatoms. The van der Waals surface area contributed by atoms with E-state index in [1.54, 1.807) is 11.9 Å². The number of rotatable bonds is 3. The van der Waals surface area contributed by atoms with Gasteiger partial charge in [-0.1, -0.05) is 6.07 Å². The number of benzene rings is 1. The lowest BCUT2D eigenvalue weighted by atomic mass is 10.1. The molecule has 3 rings (SSSR count). The van der Waals surface area contributed by atoms with Crippen molar-refractivity contribution in [2.75, 3.05) is 33.6 Å². The van der Waals surface area contributed by atoms with Crippen molar-refractivity contribution in [3.05, 3.63) is 23.8 Å². The van der Waals surface area contributed by atoms with E-state index in [-0.39, 0.29) is 18.7 Å². The fraction of sp³-hybridized carbons (Fsp3) is 0.500. The number of likely N-dealkylation sites (N-methyl/N-ethyl adjacent to an activating group) is 1. The predicted molar refractivity (Wildman–Crippen MR) is 71.6 cm³/mol. The van der Waals surface area contributed by atoms with Crippen molar-refractivity contribution in [2.45, 2.75) is 12.6 Å². The third-order valence-corrected chi connectivity index (χ3v) is 3.45. The zero-order chi connectivity index (χ0) is 13.9. The molecular weight excluding hydrogens is 260 g/mol. The van der Waals surface area contributed by atoms with Crippen LogP contribution in [0.4, 0.5) is 0 Å². The van der Waals surface area contributed by atoms with Gasteiger partial charge in [-0.05, 0) is 17.7 Å². The topological polar surface area (TPSA) is 60.0 Å². The summed E-state index contributed by atoms with van der Waals surface area (Å²) in [5.74, 6) is 1.54. The third-order valence-electron chi connectivity index (χ3n) is 3.45. The van der Waals surface area contributed by atoms with Gasteiger partial charge in [0.05, 0.1) is 13.2 Å². The summed E-state index contributed by atoms with van der Waals surface area (Å²) in [5.41, 5.74) is 1.02. The van der Waals surface area contributed by atoms with E-state index in [9.17, 15) is 4.79 Å². The maximum atomic E-state index is 12.3. The molecule has 0 aromatic heterocycles. The second kappa shape index (κ2) is 5.68. The number of fused-ring (bicyclic) bond motifs is 1. The first kappa shape index (κ1) is 13.2. The highest BCUT2D eigenvalue weighted by Crippen LogP contribution is 2.32. The number of nitrogens with zero attached hydrogens (tertiary/aromatic N) is 1. The molecule has 6 nitrogen and oxygen atoms in total. The van der Waals surface area contributed by atoms with E-state index in [0.717, 1.165) is 17.1 Å². The van der Waals surface area contributed by atoms with Gasteiger partial charge in [-0.25, -0.2) is 0 Å². The van der Waals surface area contributed by atoms with Gasteiger partial charge in [0.1, 0.15) is 6.04 Å². The number of hydrogen-bond acceptors (Lipinski definition) is 5. The van der Waals surface area contributed by atoms with Crippen molar-refractivity contribution in [3.63, 3.8) is 0 Å². The Morgan fingerprint density at radius 3 is 3.05 bits per heavy atom. The quantitative estimate of drug-likeness (QED) is 0.865. The molecule has 1 saturated heterocycles. The predicted octanol–water partition coefficient (Wildman–Crippen LogP) is 0.362. The van der Waals surface area contributed by atoms with Crippen LogP contribution in [0.5, 0.6) is 11.5 Å². The van der Waals surface area contributed by atoms with Crippen molar-refractivity contribution < 1.29 is 19.0 Å². The molecule has 2 aliphatic heterocycles. The van der Waals surface area contributed by atoms with E-state index in [0.29, 0.717) is 26.3 Å². The summed E-state index contributed by atoms with van der Waals surface area (Å²) >= 11 is 0. The van der Waals surface area contributed by atoms with Gasteiger partial charge in [0.15, 0.2) is 11.5 Å². The molecule has 20 heavy (non-hydrogen) atoms. The SMILES string of the molecule is CN(Cc1ccc2c(c1)OCO2)C(=O)[C@@H]1COCCN1. The van der Waals surface area contributed by atoms with E-state index < -0.39 is 0 Å². The Kier molecular flexibility index (Phi) is 3.75. The van der Waals surface area contributed by atoms with Crippen molar-refractivity contribution in [2.24, 2.45) is 0 Å². The van der Waals surface area contributed by atoms with Gasteiger partial charge in [0, 0.05) is 20.1 Å². The van der Waals surface area contributed by atoms with Gasteiger partial charge in [-0.2, -0.15) is 0 Å². The summed E-state index contributed by atoms with van der Waals surface area (Å²) in [5, 5.41) is 3.17. The summed E-state index contributed by atoms with van der Waals surface area (Å²) < 4.78 is 15.9. The van der Waals surface area contributed by atoms with E-state index in [2.05, 4.69) is 5.32 Å². The molecule has 0 saturated carbocycles. The minimum absolute atomic E-state index is 0.0439. The number of carbonyl (C=O) groups is 1. The minimum atomic E-state index is -0.247. The van der Waals surface area contributed by atoms with Crippen molar-refractivity contribution in [1.29, 1.82) is 0 Å². The first-order valence-electron chi connectivity index (χ1n) is 6.68. The second-order valence-electron chi connectivity index (χ2n) is 4.96. The molecule has 1 aromatic carbocycles. The van der Waals surface area contributed by atoms with Crippen LogP contribution in [0.25, 0.3) is 0 Å². The number of carbonyl (C=O) groups excluding carboxylic acids is 1. The van der Waals surface area contributed by atoms with Crippen LogP contribution < -0.4 is 14.8 Å². The van der Waals surface area contributed by atoms with E-state index >= 15 is 0 Å². The Balaban J connectivity index is 1.63. The Hall–Kier alpha value is -1.79. The molecule has 2 aliphatic rings. The molecule has 1 amide bonds. The Labute approximate surface area is 117 Å². The van der Waals surface area contributed by atoms with Gasteiger partial charge < -0.3 is 24.4 Å². The van der Waals surface area contributed by atoms with Gasteiger partial charge in [0.2, 0.25) is 12.7 Å². The molecule has 1 N–H and O–H groups in total. The summed E-state index contributed by atoms with van der Waals surface area (Å²) in [7, 11) is 1.79. The summed E-state index contributed by atoms with van der Waals surface area (Å²) in [6.07, 6.45) is 0. The molecule has 0 unspecified atom stereocenters. The highest BCUT2D eigenvalue weighted by molar-refractivity contribution is 5.81. The van der Waals surface area contributed by atoms with Crippen LogP contribution in [0.1, 0.15) is 5.56 Å². The molecular formula is C14H18N2O4. The number of ether oxygens (including phenoxy) is 3. The average Bonchev–Trinajstić information content (AvgIpc) is 2.95. The lowest BCUT2D eigenvalue weighted by Gasteiger charge is -2.27. The first-order chi connectivity index (χ1) is 9.74. The maximum absolute atomic E-state index is 12.3. The number of amides is 1. The molecule has 108 valence electrons. The highest BCUT2D eigenvalue weighted by Gasteiger charge is 2.24. The molecule has 0 bridgehead atoms. The van der Waals surface area contributed by atoms with Crippen LogP contribution in [-0.2, 0) is 16.1 Å². The van der Waals surface area contributed by atoms with Gasteiger partial charge in [0.25, 0.3) is 0 Å². The number of morpholine rings is 1.